The number of hydrogen-bond acceptors (Lipinski definition) is 3. The molecule has 0 aromatic rings. The first-order chi connectivity index (χ1) is 5.52. The van der Waals surface area contributed by atoms with Gasteiger partial charge in [-0.15, -0.1) is 0 Å². The Bertz CT molecular complexity index is 145. The second-order valence-electron chi connectivity index (χ2n) is 2.92. The molecule has 12 heavy (non-hydrogen) atoms. The molecule has 0 fully saturated rings. The van der Waals surface area contributed by atoms with Crippen LogP contribution < -0.4 is 5.32 Å². The van der Waals surface area contributed by atoms with Crippen molar-refractivity contribution in [2.75, 3.05) is 13.2 Å². The predicted molar refractivity (Wildman–Crippen MR) is 45.9 cm³/mol. The Labute approximate surface area is 72.9 Å². The molecule has 0 heterocycles. The van der Waals surface area contributed by atoms with Crippen LogP contribution in [0, 0.1) is 0 Å². The predicted octanol–water partition coefficient (Wildman–Crippen LogP) is 0.893. The van der Waals surface area contributed by atoms with E-state index in [1.165, 1.54) is 0 Å². The van der Waals surface area contributed by atoms with Gasteiger partial charge in [-0.3, -0.25) is 0 Å². The Morgan fingerprint density at radius 1 is 1.58 bits per heavy atom. The van der Waals surface area contributed by atoms with Crippen LogP contribution in [0.2, 0.25) is 0 Å². The van der Waals surface area contributed by atoms with Gasteiger partial charge < -0.3 is 15.2 Å². The van der Waals surface area contributed by atoms with Crippen molar-refractivity contribution in [3.8, 4) is 0 Å². The van der Waals surface area contributed by atoms with E-state index in [0.717, 1.165) is 0 Å². The van der Waals surface area contributed by atoms with Gasteiger partial charge in [0.2, 0.25) is 0 Å². The molecule has 0 aromatic heterocycles. The molecule has 0 bridgehead atoms. The zero-order valence-electron chi connectivity index (χ0n) is 7.89. The van der Waals surface area contributed by atoms with Crippen LogP contribution in [0.3, 0.4) is 0 Å². The molecule has 0 aliphatic rings. The molecule has 72 valence electrons. The molecule has 0 aliphatic carbocycles. The summed E-state index contributed by atoms with van der Waals surface area (Å²) in [4.78, 5) is 10.8. The molecule has 4 nitrogen and oxygen atoms in total. The van der Waals surface area contributed by atoms with Gasteiger partial charge in [0, 0.05) is 6.54 Å². The number of hydrogen-bond donors (Lipinski definition) is 2. The molecule has 2 N–H and O–H groups in total. The standard InChI is InChI=1S/C8H17NO3/c1-4-8(3,11)6-9-7(10)12-5-2/h11H,4-6H2,1-3H3,(H,9,10). The zero-order valence-corrected chi connectivity index (χ0v) is 7.89. The van der Waals surface area contributed by atoms with Gasteiger partial charge in [-0.1, -0.05) is 6.92 Å². The van der Waals surface area contributed by atoms with E-state index in [1.807, 2.05) is 6.92 Å². The highest BCUT2D eigenvalue weighted by atomic mass is 16.5. The van der Waals surface area contributed by atoms with E-state index in [0.29, 0.717) is 13.0 Å². The highest BCUT2D eigenvalue weighted by molar-refractivity contribution is 5.67. The number of amides is 1. The minimum atomic E-state index is -0.841. The molecular formula is C8H17NO3. The molecule has 0 aromatic carbocycles. The van der Waals surface area contributed by atoms with Crippen LogP contribution in [0.1, 0.15) is 27.2 Å². The smallest absolute Gasteiger partial charge is 0.407 e. The van der Waals surface area contributed by atoms with Crippen LogP contribution >= 0.6 is 0 Å². The van der Waals surface area contributed by atoms with Crippen molar-refractivity contribution in [2.45, 2.75) is 32.8 Å². The molecule has 0 aliphatic heterocycles. The second kappa shape index (κ2) is 4.98. The van der Waals surface area contributed by atoms with Gasteiger partial charge in [0.1, 0.15) is 0 Å². The first-order valence-electron chi connectivity index (χ1n) is 4.15. The number of rotatable bonds is 4. The Kier molecular flexibility index (Phi) is 4.66. The topological polar surface area (TPSA) is 58.6 Å². The Balaban J connectivity index is 3.60. The third kappa shape index (κ3) is 4.96. The minimum Gasteiger partial charge on any atom is -0.450 e. The number of alkyl carbamates (subject to hydrolysis) is 1. The van der Waals surface area contributed by atoms with E-state index >= 15 is 0 Å². The molecule has 0 spiro atoms. The van der Waals surface area contributed by atoms with Crippen LogP contribution in [0.5, 0.6) is 0 Å². The SMILES string of the molecule is CCOC(=O)NCC(C)(O)CC. The number of aliphatic hydroxyl groups is 1. The second-order valence-corrected chi connectivity index (χ2v) is 2.92. The van der Waals surface area contributed by atoms with Crippen LogP contribution in [0.25, 0.3) is 0 Å². The summed E-state index contributed by atoms with van der Waals surface area (Å²) in [7, 11) is 0. The van der Waals surface area contributed by atoms with Gasteiger partial charge in [-0.2, -0.15) is 0 Å². The lowest BCUT2D eigenvalue weighted by Gasteiger charge is -2.20. The summed E-state index contributed by atoms with van der Waals surface area (Å²) < 4.78 is 4.62. The number of nitrogens with one attached hydrogen (secondary N) is 1. The molecule has 0 saturated carbocycles. The summed E-state index contributed by atoms with van der Waals surface area (Å²) in [6.07, 6.45) is 0.116. The maximum Gasteiger partial charge on any atom is 0.407 e. The molecule has 0 rings (SSSR count). The zero-order chi connectivity index (χ0) is 9.61. The lowest BCUT2D eigenvalue weighted by molar-refractivity contribution is 0.0531. The Hall–Kier alpha value is -0.770. The van der Waals surface area contributed by atoms with Gasteiger partial charge in [0.15, 0.2) is 0 Å². The Morgan fingerprint density at radius 3 is 2.58 bits per heavy atom. The monoisotopic (exact) mass is 175 g/mol. The molecule has 1 amide bonds. The van der Waals surface area contributed by atoms with Crippen LogP contribution in [-0.2, 0) is 4.74 Å². The lowest BCUT2D eigenvalue weighted by Crippen LogP contribution is -2.40. The molecule has 1 unspecified atom stereocenters. The first kappa shape index (κ1) is 11.2. The van der Waals surface area contributed by atoms with Gasteiger partial charge in [0.25, 0.3) is 0 Å². The highest BCUT2D eigenvalue weighted by Crippen LogP contribution is 2.05. The maximum absolute atomic E-state index is 10.8. The molecule has 0 radical (unpaired) electrons. The Morgan fingerprint density at radius 2 is 2.17 bits per heavy atom. The summed E-state index contributed by atoms with van der Waals surface area (Å²) in [5.41, 5.74) is -0.841. The fourth-order valence-electron chi connectivity index (χ4n) is 0.570. The van der Waals surface area contributed by atoms with Crippen LogP contribution in [0.4, 0.5) is 4.79 Å². The number of ether oxygens (including phenoxy) is 1. The van der Waals surface area contributed by atoms with Crippen molar-refractivity contribution < 1.29 is 14.6 Å². The number of carbonyl (C=O) groups excluding carboxylic acids is 1. The largest absolute Gasteiger partial charge is 0.450 e. The van der Waals surface area contributed by atoms with E-state index in [9.17, 15) is 9.90 Å². The van der Waals surface area contributed by atoms with Crippen LogP contribution in [-0.4, -0.2) is 30.0 Å². The van der Waals surface area contributed by atoms with Gasteiger partial charge in [-0.25, -0.2) is 4.79 Å². The van der Waals surface area contributed by atoms with E-state index in [4.69, 9.17) is 0 Å². The van der Waals surface area contributed by atoms with E-state index in [-0.39, 0.29) is 6.54 Å². The molecular weight excluding hydrogens is 158 g/mol. The minimum absolute atomic E-state index is 0.225. The molecule has 4 heteroatoms. The summed E-state index contributed by atoms with van der Waals surface area (Å²) in [6.45, 7) is 5.83. The summed E-state index contributed by atoms with van der Waals surface area (Å²) in [5, 5.41) is 11.9. The van der Waals surface area contributed by atoms with Crippen molar-refractivity contribution in [2.24, 2.45) is 0 Å². The third-order valence-corrected chi connectivity index (χ3v) is 1.65. The van der Waals surface area contributed by atoms with Gasteiger partial charge >= 0.3 is 6.09 Å². The van der Waals surface area contributed by atoms with Crippen LogP contribution in [0.15, 0.2) is 0 Å². The van der Waals surface area contributed by atoms with E-state index in [2.05, 4.69) is 10.1 Å². The van der Waals surface area contributed by atoms with Crippen molar-refractivity contribution in [1.29, 1.82) is 0 Å². The average Bonchev–Trinajstić information content (AvgIpc) is 2.02. The third-order valence-electron chi connectivity index (χ3n) is 1.65. The fraction of sp³-hybridized carbons (Fsp3) is 0.875. The average molecular weight is 175 g/mol. The van der Waals surface area contributed by atoms with E-state index < -0.39 is 11.7 Å². The van der Waals surface area contributed by atoms with Crippen molar-refractivity contribution >= 4 is 6.09 Å². The van der Waals surface area contributed by atoms with Gasteiger partial charge in [0.05, 0.1) is 12.2 Å². The quantitative estimate of drug-likeness (QED) is 0.667. The fourth-order valence-corrected chi connectivity index (χ4v) is 0.570. The van der Waals surface area contributed by atoms with Crippen molar-refractivity contribution in [3.05, 3.63) is 0 Å². The maximum atomic E-state index is 10.8. The highest BCUT2D eigenvalue weighted by Gasteiger charge is 2.18. The van der Waals surface area contributed by atoms with Crippen molar-refractivity contribution in [3.63, 3.8) is 0 Å². The van der Waals surface area contributed by atoms with Crippen molar-refractivity contribution in [1.82, 2.24) is 5.32 Å². The molecule has 0 saturated heterocycles. The summed E-state index contributed by atoms with van der Waals surface area (Å²) in [6, 6.07) is 0. The lowest BCUT2D eigenvalue weighted by atomic mass is 10.0. The van der Waals surface area contributed by atoms with Gasteiger partial charge in [-0.05, 0) is 20.3 Å². The normalized spacial score (nSPS) is 15.0. The first-order valence-corrected chi connectivity index (χ1v) is 4.15. The number of carbonyl (C=O) groups is 1. The summed E-state index contributed by atoms with van der Waals surface area (Å²) >= 11 is 0. The summed E-state index contributed by atoms with van der Waals surface area (Å²) in [5.74, 6) is 0. The molecule has 1 atom stereocenters. The van der Waals surface area contributed by atoms with E-state index in [1.54, 1.807) is 13.8 Å².